The predicted octanol–water partition coefficient (Wildman–Crippen LogP) is 4.45. The highest BCUT2D eigenvalue weighted by molar-refractivity contribution is 7.18. The Morgan fingerprint density at radius 2 is 1.75 bits per heavy atom. The first-order chi connectivity index (χ1) is 13.0. The molecule has 0 saturated heterocycles. The van der Waals surface area contributed by atoms with E-state index in [9.17, 15) is 9.59 Å². The average molecular weight is 400 g/mol. The van der Waals surface area contributed by atoms with Crippen molar-refractivity contribution in [2.75, 3.05) is 5.43 Å². The summed E-state index contributed by atoms with van der Waals surface area (Å²) in [6, 6.07) is 0. The van der Waals surface area contributed by atoms with Gasteiger partial charge in [-0.05, 0) is 81.6 Å². The Labute approximate surface area is 169 Å². The van der Waals surface area contributed by atoms with Crippen LogP contribution < -0.4 is 11.0 Å². The first-order valence-corrected chi connectivity index (χ1v) is 11.2. The summed E-state index contributed by atoms with van der Waals surface area (Å²) >= 11 is 1.54. The van der Waals surface area contributed by atoms with E-state index in [1.807, 2.05) is 13.8 Å². The van der Waals surface area contributed by atoms with Gasteiger partial charge in [-0.2, -0.15) is 0 Å². The summed E-state index contributed by atoms with van der Waals surface area (Å²) in [6.07, 6.45) is 6.57. The van der Waals surface area contributed by atoms with Crippen LogP contribution in [0.15, 0.2) is 4.79 Å². The molecular weight excluding hydrogens is 370 g/mol. The Kier molecular flexibility index (Phi) is 3.58. The van der Waals surface area contributed by atoms with E-state index in [4.69, 9.17) is 0 Å². The summed E-state index contributed by atoms with van der Waals surface area (Å²) in [7, 11) is 0. The molecule has 0 radical (unpaired) electrons. The molecule has 1 N–H and O–H groups in total. The molecule has 4 atom stereocenters. The van der Waals surface area contributed by atoms with Gasteiger partial charge in [0.05, 0.1) is 10.8 Å². The van der Waals surface area contributed by atoms with Gasteiger partial charge in [0.2, 0.25) is 5.91 Å². The van der Waals surface area contributed by atoms with Crippen LogP contribution in [0, 0.1) is 42.9 Å². The van der Waals surface area contributed by atoms with E-state index in [1.165, 1.54) is 23.9 Å². The van der Waals surface area contributed by atoms with E-state index in [0.29, 0.717) is 17.1 Å². The zero-order valence-corrected chi connectivity index (χ0v) is 18.3. The van der Waals surface area contributed by atoms with Crippen LogP contribution in [0.2, 0.25) is 0 Å². The molecule has 2 heterocycles. The van der Waals surface area contributed by atoms with E-state index < -0.39 is 0 Å². The van der Waals surface area contributed by atoms with Gasteiger partial charge in [-0.3, -0.25) is 15.0 Å². The van der Waals surface area contributed by atoms with Gasteiger partial charge in [-0.15, -0.1) is 11.3 Å². The summed E-state index contributed by atoms with van der Waals surface area (Å²) in [5, 5.41) is 0.637. The van der Waals surface area contributed by atoms with E-state index in [0.717, 1.165) is 34.5 Å². The second-order valence-corrected chi connectivity index (χ2v) is 11.8. The normalized spacial score (nSPS) is 36.2. The van der Waals surface area contributed by atoms with Crippen LogP contribution in [0.5, 0.6) is 0 Å². The fraction of sp³-hybridized carbons (Fsp3) is 0.682. The number of carbonyl (C=O) groups excluding carboxylic acids is 1. The van der Waals surface area contributed by atoms with Crippen molar-refractivity contribution >= 4 is 27.5 Å². The van der Waals surface area contributed by atoms with Crippen LogP contribution in [-0.2, 0) is 4.79 Å². The number of hydrogen-bond acceptors (Lipinski definition) is 4. The number of hydrogen-bond donors (Lipinski definition) is 1. The summed E-state index contributed by atoms with van der Waals surface area (Å²) in [4.78, 5) is 33.2. The zero-order valence-electron chi connectivity index (χ0n) is 17.4. The lowest BCUT2D eigenvalue weighted by molar-refractivity contribution is -0.166. The topological polar surface area (TPSA) is 64.0 Å². The number of carbonyl (C=O) groups is 1. The van der Waals surface area contributed by atoms with E-state index in [-0.39, 0.29) is 27.7 Å². The molecule has 4 bridgehead atoms. The molecule has 150 valence electrons. The lowest BCUT2D eigenvalue weighted by Gasteiger charge is -2.64. The Morgan fingerprint density at radius 1 is 1.11 bits per heavy atom. The summed E-state index contributed by atoms with van der Waals surface area (Å²) in [5.74, 6) is 1.21. The van der Waals surface area contributed by atoms with E-state index in [2.05, 4.69) is 24.3 Å². The van der Waals surface area contributed by atoms with Crippen LogP contribution in [-0.4, -0.2) is 15.6 Å². The van der Waals surface area contributed by atoms with Gasteiger partial charge in [0.1, 0.15) is 10.7 Å². The van der Waals surface area contributed by atoms with Crippen molar-refractivity contribution in [1.82, 2.24) is 9.66 Å². The van der Waals surface area contributed by atoms with Gasteiger partial charge < -0.3 is 0 Å². The first-order valence-electron chi connectivity index (χ1n) is 10.3. The van der Waals surface area contributed by atoms with Gasteiger partial charge >= 0.3 is 0 Å². The van der Waals surface area contributed by atoms with Gasteiger partial charge in [0.25, 0.3) is 5.56 Å². The molecule has 0 aliphatic heterocycles. The number of amides is 1. The van der Waals surface area contributed by atoms with Crippen LogP contribution >= 0.6 is 11.3 Å². The molecule has 2 aromatic rings. The number of nitrogens with zero attached hydrogens (tertiary/aromatic N) is 2. The Balaban J connectivity index is 1.55. The highest BCUT2D eigenvalue weighted by Gasteiger charge is 2.62. The molecule has 1 amide bonds. The highest BCUT2D eigenvalue weighted by atomic mass is 32.1. The number of rotatable bonds is 2. The fourth-order valence-corrected chi connectivity index (χ4v) is 8.51. The van der Waals surface area contributed by atoms with E-state index in [1.54, 1.807) is 18.3 Å². The van der Waals surface area contributed by atoms with Crippen LogP contribution in [0.4, 0.5) is 0 Å². The van der Waals surface area contributed by atoms with Crippen molar-refractivity contribution in [1.29, 1.82) is 0 Å². The van der Waals surface area contributed by atoms with Gasteiger partial charge in [0, 0.05) is 4.88 Å². The highest BCUT2D eigenvalue weighted by Crippen LogP contribution is 2.69. The second-order valence-electron chi connectivity index (χ2n) is 10.6. The van der Waals surface area contributed by atoms with Crippen molar-refractivity contribution < 1.29 is 4.79 Å². The molecule has 28 heavy (non-hydrogen) atoms. The minimum Gasteiger partial charge on any atom is -0.273 e. The number of fused-ring (bicyclic) bond motifs is 1. The average Bonchev–Trinajstić information content (AvgIpc) is 2.82. The lowest BCUT2D eigenvalue weighted by Crippen LogP contribution is -2.59. The standard InChI is InChI=1S/C22H29N3O2S/c1-12-13(2)28-17-16(12)18(26)25(14(3)23-17)24-19(27)22-8-15-6-20(4,10-22)9-21(5,7-15)11-22/h15H,6-11H2,1-5H3,(H,24,27)/t15?,20-,21+,22?. The minimum atomic E-state index is -0.344. The zero-order chi connectivity index (χ0) is 20.1. The molecule has 2 unspecified atom stereocenters. The maximum atomic E-state index is 13.6. The Morgan fingerprint density at radius 3 is 2.36 bits per heavy atom. The minimum absolute atomic E-state index is 0.0185. The molecule has 6 heteroatoms. The number of nitrogens with one attached hydrogen (secondary N) is 1. The molecule has 4 aliphatic rings. The van der Waals surface area contributed by atoms with Crippen molar-refractivity contribution in [2.24, 2.45) is 22.2 Å². The number of thiophene rings is 1. The second kappa shape index (κ2) is 5.47. The first kappa shape index (κ1) is 18.3. The Hall–Kier alpha value is -1.69. The fourth-order valence-electron chi connectivity index (χ4n) is 7.45. The Bertz CT molecular complexity index is 1060. The smallest absolute Gasteiger partial charge is 0.273 e. The molecule has 0 spiro atoms. The monoisotopic (exact) mass is 399 g/mol. The summed E-state index contributed by atoms with van der Waals surface area (Å²) in [5.41, 5.74) is 3.99. The van der Waals surface area contributed by atoms with Gasteiger partial charge in [-0.1, -0.05) is 13.8 Å². The largest absolute Gasteiger partial charge is 0.281 e. The molecule has 4 fully saturated rings. The van der Waals surface area contributed by atoms with Crippen molar-refractivity contribution in [3.63, 3.8) is 0 Å². The number of aryl methyl sites for hydroxylation is 3. The molecule has 5 nitrogen and oxygen atoms in total. The van der Waals surface area contributed by atoms with Crippen LogP contribution in [0.25, 0.3) is 10.2 Å². The summed E-state index contributed by atoms with van der Waals surface area (Å²) in [6.45, 7) is 10.5. The SMILES string of the molecule is Cc1sc2nc(C)n(NC(=O)C34CC5C[C@@](C)(C3)C[C@](C)(C5)C4)c(=O)c2c1C. The third-order valence-electron chi connectivity index (χ3n) is 7.69. The molecule has 0 aromatic carbocycles. The maximum Gasteiger partial charge on any atom is 0.281 e. The van der Waals surface area contributed by atoms with Gasteiger partial charge in [-0.25, -0.2) is 9.66 Å². The molecular formula is C22H29N3O2S. The van der Waals surface area contributed by atoms with E-state index >= 15 is 0 Å². The van der Waals surface area contributed by atoms with Crippen molar-refractivity contribution in [2.45, 2.75) is 73.1 Å². The third-order valence-corrected chi connectivity index (χ3v) is 8.79. The van der Waals surface area contributed by atoms with Crippen molar-refractivity contribution in [3.05, 3.63) is 26.6 Å². The summed E-state index contributed by atoms with van der Waals surface area (Å²) < 4.78 is 1.40. The van der Waals surface area contributed by atoms with Crippen LogP contribution in [0.1, 0.15) is 68.6 Å². The maximum absolute atomic E-state index is 13.6. The molecule has 6 rings (SSSR count). The van der Waals surface area contributed by atoms with Crippen LogP contribution in [0.3, 0.4) is 0 Å². The third kappa shape index (κ3) is 2.46. The predicted molar refractivity (Wildman–Crippen MR) is 112 cm³/mol. The quantitative estimate of drug-likeness (QED) is 0.811. The molecule has 4 saturated carbocycles. The molecule has 2 aromatic heterocycles. The van der Waals surface area contributed by atoms with Gasteiger partial charge in [0.15, 0.2) is 0 Å². The molecule has 4 aliphatic carbocycles. The van der Waals surface area contributed by atoms with Crippen molar-refractivity contribution in [3.8, 4) is 0 Å². The lowest BCUT2D eigenvalue weighted by atomic mass is 9.40. The number of aromatic nitrogens is 2.